The summed E-state index contributed by atoms with van der Waals surface area (Å²) in [4.78, 5) is 1.76. The van der Waals surface area contributed by atoms with Crippen LogP contribution in [-0.2, 0) is 6.18 Å². The zero-order valence-electron chi connectivity index (χ0n) is 9.49. The molecular weight excluding hydrogens is 233 g/mol. The highest BCUT2D eigenvalue weighted by Gasteiger charge is 2.30. The van der Waals surface area contributed by atoms with Gasteiger partial charge in [-0.25, -0.2) is 0 Å². The zero-order chi connectivity index (χ0) is 13.1. The van der Waals surface area contributed by atoms with Crippen molar-refractivity contribution >= 4 is 5.71 Å². The van der Waals surface area contributed by atoms with Gasteiger partial charge in [-0.2, -0.15) is 13.2 Å². The lowest BCUT2D eigenvalue weighted by molar-refractivity contribution is -0.137. The van der Waals surface area contributed by atoms with Crippen molar-refractivity contribution in [1.82, 2.24) is 4.90 Å². The molecule has 1 rings (SSSR count). The van der Waals surface area contributed by atoms with Crippen molar-refractivity contribution < 1.29 is 18.4 Å². The maximum Gasteiger partial charge on any atom is 0.416 e. The molecule has 3 nitrogen and oxygen atoms in total. The number of rotatable bonds is 3. The second-order valence-electron chi connectivity index (χ2n) is 3.86. The molecule has 0 heterocycles. The van der Waals surface area contributed by atoms with Crippen LogP contribution < -0.4 is 0 Å². The molecule has 1 N–H and O–H groups in total. The van der Waals surface area contributed by atoms with Crippen molar-refractivity contribution in [2.24, 2.45) is 5.16 Å². The molecule has 0 spiro atoms. The predicted molar refractivity (Wildman–Crippen MR) is 58.3 cm³/mol. The Hall–Kier alpha value is -1.56. The van der Waals surface area contributed by atoms with Gasteiger partial charge in [0.25, 0.3) is 0 Å². The van der Waals surface area contributed by atoms with Crippen LogP contribution in [0, 0.1) is 0 Å². The van der Waals surface area contributed by atoms with Crippen molar-refractivity contribution in [1.29, 1.82) is 0 Å². The van der Waals surface area contributed by atoms with Gasteiger partial charge in [0.1, 0.15) is 5.71 Å². The molecule has 1 aromatic carbocycles. The van der Waals surface area contributed by atoms with E-state index >= 15 is 0 Å². The third-order valence-corrected chi connectivity index (χ3v) is 2.13. The molecule has 0 aliphatic carbocycles. The Morgan fingerprint density at radius 1 is 1.24 bits per heavy atom. The van der Waals surface area contributed by atoms with Crippen molar-refractivity contribution in [3.05, 3.63) is 35.4 Å². The highest BCUT2D eigenvalue weighted by atomic mass is 19.4. The number of alkyl halides is 3. The lowest BCUT2D eigenvalue weighted by Crippen LogP contribution is -2.22. The molecule has 1 aromatic rings. The van der Waals surface area contributed by atoms with Crippen molar-refractivity contribution in [2.45, 2.75) is 6.18 Å². The molecule has 17 heavy (non-hydrogen) atoms. The van der Waals surface area contributed by atoms with Crippen LogP contribution in [0.2, 0.25) is 0 Å². The summed E-state index contributed by atoms with van der Waals surface area (Å²) in [5.41, 5.74) is 0.0707. The van der Waals surface area contributed by atoms with Crippen molar-refractivity contribution in [3.8, 4) is 0 Å². The first-order valence-corrected chi connectivity index (χ1v) is 4.88. The quantitative estimate of drug-likeness (QED) is 0.505. The molecule has 0 bridgehead atoms. The van der Waals surface area contributed by atoms with Crippen LogP contribution >= 0.6 is 0 Å². The largest absolute Gasteiger partial charge is 0.416 e. The molecule has 0 radical (unpaired) electrons. The fourth-order valence-electron chi connectivity index (χ4n) is 1.33. The lowest BCUT2D eigenvalue weighted by atomic mass is 10.1. The van der Waals surface area contributed by atoms with Gasteiger partial charge in [0.2, 0.25) is 0 Å². The molecule has 0 saturated heterocycles. The number of halogens is 3. The lowest BCUT2D eigenvalue weighted by Gasteiger charge is -2.12. The van der Waals surface area contributed by atoms with Crippen LogP contribution in [-0.4, -0.2) is 36.5 Å². The van der Waals surface area contributed by atoms with Crippen LogP contribution in [0.25, 0.3) is 0 Å². The van der Waals surface area contributed by atoms with Crippen LogP contribution in [0.4, 0.5) is 13.2 Å². The fraction of sp³-hybridized carbons (Fsp3) is 0.364. The molecule has 0 saturated carbocycles. The van der Waals surface area contributed by atoms with E-state index in [4.69, 9.17) is 5.21 Å². The van der Waals surface area contributed by atoms with Gasteiger partial charge in [-0.05, 0) is 26.2 Å². The topological polar surface area (TPSA) is 35.8 Å². The zero-order valence-corrected chi connectivity index (χ0v) is 9.49. The van der Waals surface area contributed by atoms with Crippen LogP contribution in [0.1, 0.15) is 11.1 Å². The molecule has 0 amide bonds. The maximum absolute atomic E-state index is 12.3. The van der Waals surface area contributed by atoms with E-state index in [-0.39, 0.29) is 0 Å². The number of nitrogens with zero attached hydrogens (tertiary/aromatic N) is 2. The van der Waals surface area contributed by atoms with Gasteiger partial charge in [0, 0.05) is 12.1 Å². The Morgan fingerprint density at radius 3 is 2.12 bits per heavy atom. The number of benzene rings is 1. The Bertz CT molecular complexity index is 396. The Balaban J connectivity index is 2.94. The summed E-state index contributed by atoms with van der Waals surface area (Å²) in [6.07, 6.45) is -4.35. The van der Waals surface area contributed by atoms with Gasteiger partial charge in [0.05, 0.1) is 5.56 Å². The first kappa shape index (κ1) is 13.5. The van der Waals surface area contributed by atoms with E-state index in [2.05, 4.69) is 5.16 Å². The third kappa shape index (κ3) is 3.74. The van der Waals surface area contributed by atoms with E-state index in [0.29, 0.717) is 17.8 Å². The summed E-state index contributed by atoms with van der Waals surface area (Å²) in [7, 11) is 3.55. The van der Waals surface area contributed by atoms with Gasteiger partial charge in [0.15, 0.2) is 0 Å². The van der Waals surface area contributed by atoms with Crippen LogP contribution in [0.15, 0.2) is 29.4 Å². The normalized spacial score (nSPS) is 13.2. The summed E-state index contributed by atoms with van der Waals surface area (Å²) in [5.74, 6) is 0. The van der Waals surface area contributed by atoms with Crippen molar-refractivity contribution in [3.63, 3.8) is 0 Å². The van der Waals surface area contributed by atoms with Gasteiger partial charge < -0.3 is 10.1 Å². The molecule has 6 heteroatoms. The highest BCUT2D eigenvalue weighted by molar-refractivity contribution is 6.01. The SMILES string of the molecule is CN(C)C/C(=N/O)c1ccc(C(F)(F)F)cc1. The van der Waals surface area contributed by atoms with Gasteiger partial charge >= 0.3 is 6.18 Å². The molecule has 0 aromatic heterocycles. The molecule has 0 aliphatic heterocycles. The van der Waals surface area contributed by atoms with Gasteiger partial charge in [-0.15, -0.1) is 0 Å². The third-order valence-electron chi connectivity index (χ3n) is 2.13. The van der Waals surface area contributed by atoms with E-state index in [0.717, 1.165) is 12.1 Å². The molecule has 94 valence electrons. The first-order chi connectivity index (χ1) is 7.84. The average Bonchev–Trinajstić information content (AvgIpc) is 2.24. The first-order valence-electron chi connectivity index (χ1n) is 4.88. The minimum absolute atomic E-state index is 0.323. The highest BCUT2D eigenvalue weighted by Crippen LogP contribution is 2.29. The molecule has 0 unspecified atom stereocenters. The summed E-state index contributed by atoms with van der Waals surface area (Å²) in [6, 6.07) is 4.52. The minimum atomic E-state index is -4.35. The summed E-state index contributed by atoms with van der Waals surface area (Å²) in [6.45, 7) is 0.349. The second kappa shape index (κ2) is 5.18. The number of hydrogen-bond donors (Lipinski definition) is 1. The van der Waals surface area contributed by atoms with E-state index in [1.807, 2.05) is 0 Å². The number of hydrogen-bond acceptors (Lipinski definition) is 3. The maximum atomic E-state index is 12.3. The Labute approximate surface area is 97.2 Å². The smallest absolute Gasteiger partial charge is 0.411 e. The van der Waals surface area contributed by atoms with E-state index in [1.54, 1.807) is 19.0 Å². The summed E-state index contributed by atoms with van der Waals surface area (Å²) >= 11 is 0. The standard InChI is InChI=1S/C11H13F3N2O/c1-16(2)7-10(15-17)8-3-5-9(6-4-8)11(12,13)14/h3-6,17H,7H2,1-2H3/b15-10-. The van der Waals surface area contributed by atoms with Gasteiger partial charge in [-0.1, -0.05) is 17.3 Å². The second-order valence-corrected chi connectivity index (χ2v) is 3.86. The van der Waals surface area contributed by atoms with Crippen LogP contribution in [0.5, 0.6) is 0 Å². The fourth-order valence-corrected chi connectivity index (χ4v) is 1.33. The van der Waals surface area contributed by atoms with Crippen LogP contribution in [0.3, 0.4) is 0 Å². The molecular formula is C11H13F3N2O. The molecule has 0 atom stereocenters. The van der Waals surface area contributed by atoms with E-state index < -0.39 is 11.7 Å². The summed E-state index contributed by atoms with van der Waals surface area (Å²) < 4.78 is 37.0. The van der Waals surface area contributed by atoms with Gasteiger partial charge in [-0.3, -0.25) is 0 Å². The van der Waals surface area contributed by atoms with E-state index in [1.165, 1.54) is 12.1 Å². The minimum Gasteiger partial charge on any atom is -0.411 e. The Kier molecular flexibility index (Phi) is 4.11. The van der Waals surface area contributed by atoms with Crippen molar-refractivity contribution in [2.75, 3.05) is 20.6 Å². The Morgan fingerprint density at radius 2 is 1.76 bits per heavy atom. The number of oxime groups is 1. The average molecular weight is 246 g/mol. The number of likely N-dealkylation sites (N-methyl/N-ethyl adjacent to an activating group) is 1. The molecule has 0 fully saturated rings. The molecule has 0 aliphatic rings. The summed E-state index contributed by atoms with van der Waals surface area (Å²) in [5, 5.41) is 11.9. The monoisotopic (exact) mass is 246 g/mol. The predicted octanol–water partition coefficient (Wildman–Crippen LogP) is 2.45. The van der Waals surface area contributed by atoms with E-state index in [9.17, 15) is 13.2 Å².